The lowest BCUT2D eigenvalue weighted by atomic mass is 10.4. The van der Waals surface area contributed by atoms with Gasteiger partial charge >= 0.3 is 0 Å². The summed E-state index contributed by atoms with van der Waals surface area (Å²) in [4.78, 5) is -0.192. The summed E-state index contributed by atoms with van der Waals surface area (Å²) in [6.07, 6.45) is 2.58. The molecule has 0 unspecified atom stereocenters. The third-order valence-corrected chi connectivity index (χ3v) is 2.39. The normalized spacial score (nSPS) is 11.5. The van der Waals surface area contributed by atoms with E-state index in [0.29, 0.717) is 5.76 Å². The Morgan fingerprint density at radius 2 is 1.92 bits per heavy atom. The largest absolute Gasteiger partial charge is 0.497 e. The molecule has 0 saturated carbocycles. The second-order valence-corrected chi connectivity index (χ2v) is 4.53. The minimum atomic E-state index is -3.71. The van der Waals surface area contributed by atoms with Crippen LogP contribution in [0.15, 0.2) is 36.0 Å². The van der Waals surface area contributed by atoms with Gasteiger partial charge in [0.25, 0.3) is 9.05 Å². The number of hydrogen-bond acceptors (Lipinski definition) is 3. The Kier molecular flexibility index (Phi) is 4.06. The van der Waals surface area contributed by atoms with Gasteiger partial charge in [-0.1, -0.05) is 13.2 Å². The van der Waals surface area contributed by atoms with Crippen molar-refractivity contribution >= 4 is 19.7 Å². The van der Waals surface area contributed by atoms with Crippen LogP contribution in [0.2, 0.25) is 0 Å². The predicted octanol–water partition coefficient (Wildman–Crippen LogP) is 1.79. The molecule has 0 aliphatic rings. The molecule has 0 bridgehead atoms. The zero-order chi connectivity index (χ0) is 9.78. The highest BCUT2D eigenvalue weighted by Gasteiger charge is 2.06. The van der Waals surface area contributed by atoms with Crippen LogP contribution >= 0.6 is 10.7 Å². The highest BCUT2D eigenvalue weighted by Crippen LogP contribution is 2.11. The number of halogens is 1. The Morgan fingerprint density at radius 3 is 2.25 bits per heavy atom. The van der Waals surface area contributed by atoms with Crippen molar-refractivity contribution in [2.75, 3.05) is 7.11 Å². The summed E-state index contributed by atoms with van der Waals surface area (Å²) in [5, 5.41) is 0. The smallest absolute Gasteiger partial charge is 0.260 e. The fraction of sp³-hybridized carbons (Fsp3) is 0.143. The van der Waals surface area contributed by atoms with Crippen LogP contribution in [0.5, 0.6) is 0 Å². The summed E-state index contributed by atoms with van der Waals surface area (Å²) in [6, 6.07) is 0. The molecule has 0 heterocycles. The van der Waals surface area contributed by atoms with Crippen LogP contribution in [0, 0.1) is 0 Å². The number of allylic oxidation sites excluding steroid dienone is 2. The monoisotopic (exact) mass is 208 g/mol. The first-order valence-electron chi connectivity index (χ1n) is 2.92. The molecule has 0 atom stereocenters. The van der Waals surface area contributed by atoms with Crippen LogP contribution in [0.1, 0.15) is 0 Å². The van der Waals surface area contributed by atoms with Crippen molar-refractivity contribution in [3.63, 3.8) is 0 Å². The Hall–Kier alpha value is -0.740. The maximum absolute atomic E-state index is 10.6. The van der Waals surface area contributed by atoms with Crippen LogP contribution in [0.4, 0.5) is 0 Å². The summed E-state index contributed by atoms with van der Waals surface area (Å²) in [5.74, 6) is 0.330. The van der Waals surface area contributed by atoms with Crippen LogP contribution < -0.4 is 0 Å². The van der Waals surface area contributed by atoms with Crippen molar-refractivity contribution in [1.29, 1.82) is 0 Å². The lowest BCUT2D eigenvalue weighted by molar-refractivity contribution is 0.309. The zero-order valence-electron chi connectivity index (χ0n) is 6.58. The molecule has 12 heavy (non-hydrogen) atoms. The van der Waals surface area contributed by atoms with Crippen LogP contribution in [0.3, 0.4) is 0 Å². The summed E-state index contributed by atoms with van der Waals surface area (Å²) in [6.45, 7) is 6.67. The van der Waals surface area contributed by atoms with Gasteiger partial charge in [0.1, 0.15) is 5.76 Å². The molecule has 0 radical (unpaired) electrons. The highest BCUT2D eigenvalue weighted by atomic mass is 35.7. The maximum atomic E-state index is 10.6. The Bertz CT molecular complexity index is 314. The first kappa shape index (κ1) is 11.3. The average molecular weight is 209 g/mol. The lowest BCUT2D eigenvalue weighted by Crippen LogP contribution is -1.89. The molecule has 0 spiro atoms. The molecule has 0 amide bonds. The zero-order valence-corrected chi connectivity index (χ0v) is 8.15. The SMILES string of the molecule is C=C(/C=C\C(=C)S(=O)(=O)Cl)OC. The van der Waals surface area contributed by atoms with Crippen LogP contribution in [0.25, 0.3) is 0 Å². The van der Waals surface area contributed by atoms with E-state index in [2.05, 4.69) is 17.9 Å². The minimum Gasteiger partial charge on any atom is -0.497 e. The number of methoxy groups -OCH3 is 1. The van der Waals surface area contributed by atoms with E-state index < -0.39 is 9.05 Å². The Labute approximate surface area is 76.4 Å². The standard InChI is InChI=1S/C7H9ClO3S/c1-6(11-3)4-5-7(2)12(8,9)10/h4-5H,1-2H2,3H3/b5-4-. The molecule has 0 rings (SSSR count). The quantitative estimate of drug-likeness (QED) is 0.402. The second kappa shape index (κ2) is 4.33. The third kappa shape index (κ3) is 4.20. The molecule has 0 aromatic heterocycles. The van der Waals surface area contributed by atoms with Gasteiger partial charge in [0, 0.05) is 10.7 Å². The molecule has 0 saturated heterocycles. The van der Waals surface area contributed by atoms with E-state index >= 15 is 0 Å². The molecular weight excluding hydrogens is 200 g/mol. The summed E-state index contributed by atoms with van der Waals surface area (Å²) in [5.41, 5.74) is 0. The topological polar surface area (TPSA) is 43.4 Å². The molecule has 68 valence electrons. The molecule has 0 fully saturated rings. The lowest BCUT2D eigenvalue weighted by Gasteiger charge is -1.95. The fourth-order valence-electron chi connectivity index (χ4n) is 0.335. The molecular formula is C7H9ClO3S. The van der Waals surface area contributed by atoms with E-state index in [4.69, 9.17) is 10.7 Å². The number of ether oxygens (including phenoxy) is 1. The van der Waals surface area contributed by atoms with E-state index in [1.807, 2.05) is 0 Å². The van der Waals surface area contributed by atoms with Crippen molar-refractivity contribution in [2.45, 2.75) is 0 Å². The van der Waals surface area contributed by atoms with Crippen molar-refractivity contribution in [1.82, 2.24) is 0 Å². The second-order valence-electron chi connectivity index (χ2n) is 1.91. The summed E-state index contributed by atoms with van der Waals surface area (Å²) < 4.78 is 25.8. The Balaban J connectivity index is 4.40. The predicted molar refractivity (Wildman–Crippen MR) is 49.2 cm³/mol. The van der Waals surface area contributed by atoms with Gasteiger partial charge in [-0.3, -0.25) is 0 Å². The molecule has 0 N–H and O–H groups in total. The van der Waals surface area contributed by atoms with Gasteiger partial charge in [0.2, 0.25) is 0 Å². The van der Waals surface area contributed by atoms with Crippen molar-refractivity contribution in [2.24, 2.45) is 0 Å². The average Bonchev–Trinajstić information content (AvgIpc) is 1.97. The highest BCUT2D eigenvalue weighted by molar-refractivity contribution is 8.16. The first-order chi connectivity index (χ1) is 5.38. The molecule has 0 aliphatic heterocycles. The van der Waals surface area contributed by atoms with E-state index in [-0.39, 0.29) is 4.91 Å². The molecule has 3 nitrogen and oxygen atoms in total. The van der Waals surface area contributed by atoms with E-state index in [1.165, 1.54) is 19.3 Å². The van der Waals surface area contributed by atoms with Gasteiger partial charge < -0.3 is 4.74 Å². The van der Waals surface area contributed by atoms with Gasteiger partial charge in [-0.2, -0.15) is 0 Å². The van der Waals surface area contributed by atoms with Gasteiger partial charge in [-0.25, -0.2) is 8.42 Å². The van der Waals surface area contributed by atoms with E-state index in [9.17, 15) is 8.42 Å². The number of hydrogen-bond donors (Lipinski definition) is 0. The Morgan fingerprint density at radius 1 is 1.42 bits per heavy atom. The molecule has 0 aromatic carbocycles. The van der Waals surface area contributed by atoms with Crippen LogP contribution in [-0.2, 0) is 13.8 Å². The van der Waals surface area contributed by atoms with E-state index in [1.54, 1.807) is 0 Å². The fourth-order valence-corrected chi connectivity index (χ4v) is 0.720. The minimum absolute atomic E-state index is 0.192. The van der Waals surface area contributed by atoms with Gasteiger partial charge in [-0.15, -0.1) is 0 Å². The third-order valence-electron chi connectivity index (χ3n) is 1.03. The van der Waals surface area contributed by atoms with Gasteiger partial charge in [0.05, 0.1) is 12.0 Å². The van der Waals surface area contributed by atoms with Gasteiger partial charge in [-0.05, 0) is 12.2 Å². The van der Waals surface area contributed by atoms with Crippen LogP contribution in [-0.4, -0.2) is 15.5 Å². The molecule has 5 heteroatoms. The first-order valence-corrected chi connectivity index (χ1v) is 5.23. The van der Waals surface area contributed by atoms with Crippen molar-refractivity contribution in [3.05, 3.63) is 36.0 Å². The number of rotatable bonds is 4. The maximum Gasteiger partial charge on any atom is 0.260 e. The van der Waals surface area contributed by atoms with Crippen molar-refractivity contribution in [3.8, 4) is 0 Å². The molecule has 0 aromatic rings. The summed E-state index contributed by atoms with van der Waals surface area (Å²) in [7, 11) is 2.67. The summed E-state index contributed by atoms with van der Waals surface area (Å²) >= 11 is 0. The molecule has 0 aliphatic carbocycles. The van der Waals surface area contributed by atoms with Crippen molar-refractivity contribution < 1.29 is 13.2 Å². The van der Waals surface area contributed by atoms with Gasteiger partial charge in [0.15, 0.2) is 0 Å². The van der Waals surface area contributed by atoms with E-state index in [0.717, 1.165) is 0 Å².